The molecule has 1 aliphatic rings. The summed E-state index contributed by atoms with van der Waals surface area (Å²) in [6.07, 6.45) is 0. The van der Waals surface area contributed by atoms with Gasteiger partial charge in [-0.25, -0.2) is 0 Å². The average molecular weight is 920 g/mol. The minimum absolute atomic E-state index is 0.248. The number of nitrogens with zero attached hydrogens (tertiary/aromatic N) is 3. The minimum atomic E-state index is -0.248. The van der Waals surface area contributed by atoms with Crippen molar-refractivity contribution in [3.63, 3.8) is 0 Å². The van der Waals surface area contributed by atoms with Gasteiger partial charge in [0.1, 0.15) is 0 Å². The summed E-state index contributed by atoms with van der Waals surface area (Å²) in [5.41, 5.74) is 22.6. The van der Waals surface area contributed by atoms with E-state index < -0.39 is 0 Å². The van der Waals surface area contributed by atoms with E-state index in [1.807, 2.05) is 0 Å². The lowest BCUT2D eigenvalue weighted by atomic mass is 9.81. The zero-order valence-electron chi connectivity index (χ0n) is 40.2. The molecule has 1 aliphatic carbocycles. The summed E-state index contributed by atoms with van der Waals surface area (Å²) in [6, 6.07) is 96.0. The summed E-state index contributed by atoms with van der Waals surface area (Å²) < 4.78 is 4.83. The van der Waals surface area contributed by atoms with Crippen LogP contribution in [0, 0.1) is 0 Å². The minimum Gasteiger partial charge on any atom is -0.310 e. The van der Waals surface area contributed by atoms with Gasteiger partial charge in [-0.1, -0.05) is 166 Å². The van der Waals surface area contributed by atoms with Crippen LogP contribution in [0.3, 0.4) is 0 Å². The topological polar surface area (TPSA) is 13.1 Å². The molecule has 14 rings (SSSR count). The number of hydrogen-bond acceptors (Lipinski definition) is 1. The Labute approximate surface area is 419 Å². The first-order valence-electron chi connectivity index (χ1n) is 25.0. The van der Waals surface area contributed by atoms with Crippen LogP contribution in [-0.2, 0) is 5.41 Å². The van der Waals surface area contributed by atoms with Gasteiger partial charge in [0.2, 0.25) is 0 Å². The zero-order valence-corrected chi connectivity index (χ0v) is 40.2. The van der Waals surface area contributed by atoms with Gasteiger partial charge in [0.05, 0.1) is 22.1 Å². The Morgan fingerprint density at radius 2 is 0.653 bits per heavy atom. The average Bonchev–Trinajstić information content (AvgIpc) is 4.04. The molecule has 3 heteroatoms. The van der Waals surface area contributed by atoms with Crippen molar-refractivity contribution in [2.24, 2.45) is 0 Å². The van der Waals surface area contributed by atoms with Gasteiger partial charge < -0.3 is 14.0 Å². The first kappa shape index (κ1) is 41.8. The predicted octanol–water partition coefficient (Wildman–Crippen LogP) is 18.7. The predicted molar refractivity (Wildman–Crippen MR) is 304 cm³/mol. The lowest BCUT2D eigenvalue weighted by molar-refractivity contribution is 0.660. The fraction of sp³-hybridized carbons (Fsp3) is 0.0435. The van der Waals surface area contributed by atoms with Crippen molar-refractivity contribution >= 4 is 60.7 Å². The van der Waals surface area contributed by atoms with E-state index in [2.05, 4.69) is 289 Å². The van der Waals surface area contributed by atoms with Gasteiger partial charge in [-0.05, 0) is 165 Å². The molecule has 72 heavy (non-hydrogen) atoms. The number of anilines is 3. The lowest BCUT2D eigenvalue weighted by Gasteiger charge is -2.28. The van der Waals surface area contributed by atoms with Gasteiger partial charge in [-0.3, -0.25) is 0 Å². The molecule has 0 amide bonds. The fourth-order valence-corrected chi connectivity index (χ4v) is 11.8. The smallest absolute Gasteiger partial charge is 0.0547 e. The molecular weight excluding hydrogens is 871 g/mol. The second kappa shape index (κ2) is 16.5. The van der Waals surface area contributed by atoms with Crippen LogP contribution in [-0.4, -0.2) is 9.13 Å². The van der Waals surface area contributed by atoms with Crippen LogP contribution in [0.5, 0.6) is 0 Å². The molecule has 0 N–H and O–H groups in total. The first-order chi connectivity index (χ1) is 35.5. The van der Waals surface area contributed by atoms with E-state index >= 15 is 0 Å². The number of fused-ring (bicyclic) bond motifs is 9. The van der Waals surface area contributed by atoms with Crippen molar-refractivity contribution < 1.29 is 0 Å². The molecule has 0 radical (unpaired) electrons. The van der Waals surface area contributed by atoms with E-state index in [9.17, 15) is 0 Å². The van der Waals surface area contributed by atoms with Crippen LogP contribution in [0.4, 0.5) is 17.1 Å². The molecular formula is C69H49N3. The molecule has 340 valence electrons. The van der Waals surface area contributed by atoms with Gasteiger partial charge in [0, 0.05) is 55.4 Å². The summed E-state index contributed by atoms with van der Waals surface area (Å²) in [7, 11) is 0. The quantitative estimate of drug-likeness (QED) is 0.148. The zero-order chi connectivity index (χ0) is 47.9. The van der Waals surface area contributed by atoms with Crippen LogP contribution < -0.4 is 4.90 Å². The monoisotopic (exact) mass is 919 g/mol. The third-order valence-electron chi connectivity index (χ3n) is 15.3. The Morgan fingerprint density at radius 1 is 0.278 bits per heavy atom. The van der Waals surface area contributed by atoms with Crippen molar-refractivity contribution in [1.29, 1.82) is 0 Å². The van der Waals surface area contributed by atoms with E-state index in [1.165, 1.54) is 99.2 Å². The van der Waals surface area contributed by atoms with Crippen LogP contribution in [0.25, 0.3) is 99.5 Å². The van der Waals surface area contributed by atoms with Crippen molar-refractivity contribution in [3.8, 4) is 55.9 Å². The molecule has 13 aromatic rings. The number of hydrogen-bond donors (Lipinski definition) is 0. The Morgan fingerprint density at radius 3 is 1.14 bits per heavy atom. The molecule has 0 saturated carbocycles. The largest absolute Gasteiger partial charge is 0.310 e. The summed E-state index contributed by atoms with van der Waals surface area (Å²) in [6.45, 7) is 4.79. The summed E-state index contributed by atoms with van der Waals surface area (Å²) in [4.78, 5) is 2.37. The fourth-order valence-electron chi connectivity index (χ4n) is 11.8. The maximum atomic E-state index is 2.47. The van der Waals surface area contributed by atoms with Crippen LogP contribution >= 0.6 is 0 Å². The molecule has 0 fully saturated rings. The van der Waals surface area contributed by atoms with Gasteiger partial charge in [-0.2, -0.15) is 0 Å². The summed E-state index contributed by atoms with van der Waals surface area (Å²) in [5, 5.41) is 4.99. The maximum Gasteiger partial charge on any atom is 0.0547 e. The highest BCUT2D eigenvalue weighted by atomic mass is 15.1. The first-order valence-corrected chi connectivity index (χ1v) is 25.0. The molecule has 0 saturated heterocycles. The molecule has 0 bridgehead atoms. The third-order valence-corrected chi connectivity index (χ3v) is 15.3. The second-order valence-corrected chi connectivity index (χ2v) is 19.8. The Hall–Kier alpha value is -9.18. The van der Waals surface area contributed by atoms with Crippen molar-refractivity contribution in [2.75, 3.05) is 4.90 Å². The van der Waals surface area contributed by atoms with E-state index in [0.29, 0.717) is 0 Å². The number of benzene rings is 11. The van der Waals surface area contributed by atoms with E-state index in [-0.39, 0.29) is 5.41 Å². The van der Waals surface area contributed by atoms with E-state index in [4.69, 9.17) is 0 Å². The van der Waals surface area contributed by atoms with Crippen LogP contribution in [0.15, 0.2) is 261 Å². The van der Waals surface area contributed by atoms with E-state index in [0.717, 1.165) is 28.4 Å². The molecule has 0 atom stereocenters. The SMILES string of the molecule is CC1(C)c2cc(-c3cc(-c4ccc5c6ccccc6n(-c6ccccc6)c5c4)cc(-c4ccc5c6ccccc6n(-c6ccccc6)c5c4)c3)ccc2-c2ccc(N(c3ccccc3)c3ccccc3)cc21. The highest BCUT2D eigenvalue weighted by Gasteiger charge is 2.36. The molecule has 2 heterocycles. The van der Waals surface area contributed by atoms with Gasteiger partial charge in [-0.15, -0.1) is 0 Å². The number of aromatic nitrogens is 2. The number of para-hydroxylation sites is 6. The van der Waals surface area contributed by atoms with Gasteiger partial charge in [0.25, 0.3) is 0 Å². The second-order valence-electron chi connectivity index (χ2n) is 19.8. The third kappa shape index (κ3) is 6.66. The maximum absolute atomic E-state index is 2.47. The molecule has 0 aliphatic heterocycles. The van der Waals surface area contributed by atoms with Crippen LogP contribution in [0.2, 0.25) is 0 Å². The molecule has 2 aromatic heterocycles. The molecule has 0 spiro atoms. The molecule has 3 nitrogen and oxygen atoms in total. The molecule has 11 aromatic carbocycles. The van der Waals surface area contributed by atoms with Gasteiger partial charge >= 0.3 is 0 Å². The van der Waals surface area contributed by atoms with E-state index in [1.54, 1.807) is 0 Å². The lowest BCUT2D eigenvalue weighted by Crippen LogP contribution is -2.16. The Kier molecular flexibility index (Phi) is 9.56. The van der Waals surface area contributed by atoms with Crippen molar-refractivity contribution in [3.05, 3.63) is 272 Å². The Bertz CT molecular complexity index is 4010. The number of rotatable bonds is 8. The summed E-state index contributed by atoms with van der Waals surface area (Å²) >= 11 is 0. The summed E-state index contributed by atoms with van der Waals surface area (Å²) in [5.74, 6) is 0. The Balaban J connectivity index is 0.945. The van der Waals surface area contributed by atoms with Crippen LogP contribution in [0.1, 0.15) is 25.0 Å². The van der Waals surface area contributed by atoms with Crippen molar-refractivity contribution in [2.45, 2.75) is 19.3 Å². The molecule has 0 unspecified atom stereocenters. The highest BCUT2D eigenvalue weighted by molar-refractivity contribution is 6.11. The standard InChI is InChI=1S/C69H49N3/c1-69(2)63-42-46(31-35-57(63)58-38-34-56(45-64(58)69)70(52-19-7-3-8-20-52)53-21-9-4-10-22-53)49-39-50(47-32-36-61-59-27-15-17-29-65(59)71(67(61)43-47)54-23-11-5-12-24-54)41-51(40-49)48-33-37-62-60-28-16-18-30-66(60)72(68(62)44-48)55-25-13-6-14-26-55/h3-45H,1-2H3. The highest BCUT2D eigenvalue weighted by Crippen LogP contribution is 2.52. The van der Waals surface area contributed by atoms with Gasteiger partial charge in [0.15, 0.2) is 0 Å². The normalized spacial score (nSPS) is 12.7. The van der Waals surface area contributed by atoms with Crippen molar-refractivity contribution in [1.82, 2.24) is 9.13 Å².